The Labute approximate surface area is 133 Å². The van der Waals surface area contributed by atoms with Crippen molar-refractivity contribution in [2.24, 2.45) is 0 Å². The van der Waals surface area contributed by atoms with Crippen molar-refractivity contribution < 1.29 is 4.74 Å². The van der Waals surface area contributed by atoms with Crippen molar-refractivity contribution >= 4 is 31.9 Å². The van der Waals surface area contributed by atoms with Crippen LogP contribution in [0.3, 0.4) is 0 Å². The Kier molecular flexibility index (Phi) is 4.65. The first-order chi connectivity index (χ1) is 9.43. The highest BCUT2D eigenvalue weighted by atomic mass is 79.9. The van der Waals surface area contributed by atoms with E-state index in [-0.39, 0.29) is 11.5 Å². The van der Waals surface area contributed by atoms with E-state index in [9.17, 15) is 4.79 Å². The molecule has 0 bridgehead atoms. The van der Waals surface area contributed by atoms with Crippen LogP contribution in [0.1, 0.15) is 25.5 Å². The third kappa shape index (κ3) is 2.96. The largest absolute Gasteiger partial charge is 0.496 e. The van der Waals surface area contributed by atoms with Crippen molar-refractivity contribution in [3.05, 3.63) is 43.2 Å². The lowest BCUT2D eigenvalue weighted by Crippen LogP contribution is -2.14. The Morgan fingerprint density at radius 3 is 2.60 bits per heavy atom. The fraction of sp³-hybridized carbons (Fsp3) is 0.286. The van der Waals surface area contributed by atoms with E-state index < -0.39 is 0 Å². The van der Waals surface area contributed by atoms with Crippen LogP contribution in [-0.2, 0) is 0 Å². The summed E-state index contributed by atoms with van der Waals surface area (Å²) < 4.78 is 6.70. The van der Waals surface area contributed by atoms with Crippen molar-refractivity contribution in [3.63, 3.8) is 0 Å². The maximum absolute atomic E-state index is 12.0. The Morgan fingerprint density at radius 2 is 2.00 bits per heavy atom. The second-order valence-electron chi connectivity index (χ2n) is 4.61. The van der Waals surface area contributed by atoms with E-state index in [0.717, 1.165) is 15.7 Å². The number of aromatic nitrogens is 2. The third-order valence-corrected chi connectivity index (χ3v) is 4.11. The maximum Gasteiger partial charge on any atom is 0.265 e. The van der Waals surface area contributed by atoms with Gasteiger partial charge < -0.3 is 9.72 Å². The predicted molar refractivity (Wildman–Crippen MR) is 86.3 cm³/mol. The van der Waals surface area contributed by atoms with Gasteiger partial charge in [-0.2, -0.15) is 0 Å². The lowest BCUT2D eigenvalue weighted by molar-refractivity contribution is 0.416. The number of rotatable bonds is 3. The summed E-state index contributed by atoms with van der Waals surface area (Å²) in [5.74, 6) is 1.30. The SMILES string of the molecule is COc1ccc(Br)cc1-c1nc(C(C)C)c(Br)c(=O)[nH]1. The van der Waals surface area contributed by atoms with Gasteiger partial charge in [0, 0.05) is 4.47 Å². The highest BCUT2D eigenvalue weighted by Crippen LogP contribution is 2.31. The Hall–Kier alpha value is -1.14. The van der Waals surface area contributed by atoms with E-state index in [1.54, 1.807) is 7.11 Å². The summed E-state index contributed by atoms with van der Waals surface area (Å²) in [5, 5.41) is 0. The molecule has 106 valence electrons. The lowest BCUT2D eigenvalue weighted by Gasteiger charge is -2.12. The van der Waals surface area contributed by atoms with E-state index >= 15 is 0 Å². The first-order valence-electron chi connectivity index (χ1n) is 6.07. The van der Waals surface area contributed by atoms with Gasteiger partial charge in [-0.3, -0.25) is 4.79 Å². The number of nitrogens with one attached hydrogen (secondary N) is 1. The minimum absolute atomic E-state index is 0.142. The van der Waals surface area contributed by atoms with E-state index in [0.29, 0.717) is 16.0 Å². The molecule has 0 unspecified atom stereocenters. The summed E-state index contributed by atoms with van der Waals surface area (Å²) in [4.78, 5) is 19.4. The van der Waals surface area contributed by atoms with Crippen LogP contribution >= 0.6 is 31.9 Å². The summed E-state index contributed by atoms with van der Waals surface area (Å²) >= 11 is 6.71. The number of H-pyrrole nitrogens is 1. The summed E-state index contributed by atoms with van der Waals surface area (Å²) in [6.45, 7) is 3.99. The van der Waals surface area contributed by atoms with Crippen molar-refractivity contribution in [1.29, 1.82) is 0 Å². The molecule has 2 aromatic rings. The highest BCUT2D eigenvalue weighted by molar-refractivity contribution is 9.10. The number of hydrogen-bond donors (Lipinski definition) is 1. The smallest absolute Gasteiger partial charge is 0.265 e. The molecule has 20 heavy (non-hydrogen) atoms. The van der Waals surface area contributed by atoms with Gasteiger partial charge in [-0.1, -0.05) is 29.8 Å². The average molecular weight is 402 g/mol. The molecule has 4 nitrogen and oxygen atoms in total. The van der Waals surface area contributed by atoms with Gasteiger partial charge in [0.2, 0.25) is 0 Å². The van der Waals surface area contributed by atoms with E-state index in [4.69, 9.17) is 4.74 Å². The van der Waals surface area contributed by atoms with Crippen LogP contribution in [0.5, 0.6) is 5.75 Å². The monoisotopic (exact) mass is 400 g/mol. The molecule has 0 saturated carbocycles. The van der Waals surface area contributed by atoms with Crippen LogP contribution in [0.2, 0.25) is 0 Å². The summed E-state index contributed by atoms with van der Waals surface area (Å²) in [7, 11) is 1.59. The van der Waals surface area contributed by atoms with Crippen molar-refractivity contribution in [1.82, 2.24) is 9.97 Å². The Balaban J connectivity index is 2.70. The number of hydrogen-bond acceptors (Lipinski definition) is 3. The lowest BCUT2D eigenvalue weighted by atomic mass is 10.1. The van der Waals surface area contributed by atoms with Crippen LogP contribution in [0, 0.1) is 0 Å². The van der Waals surface area contributed by atoms with E-state index in [1.807, 2.05) is 32.0 Å². The van der Waals surface area contributed by atoms with Crippen LogP contribution in [0.4, 0.5) is 0 Å². The number of benzene rings is 1. The van der Waals surface area contributed by atoms with E-state index in [2.05, 4.69) is 41.8 Å². The van der Waals surface area contributed by atoms with Gasteiger partial charge in [-0.25, -0.2) is 4.98 Å². The molecule has 0 saturated heterocycles. The number of ether oxygens (including phenoxy) is 1. The van der Waals surface area contributed by atoms with Crippen LogP contribution in [0.25, 0.3) is 11.4 Å². The second kappa shape index (κ2) is 6.10. The van der Waals surface area contributed by atoms with Gasteiger partial charge in [-0.15, -0.1) is 0 Å². The van der Waals surface area contributed by atoms with Gasteiger partial charge in [0.25, 0.3) is 5.56 Å². The van der Waals surface area contributed by atoms with Crippen molar-refractivity contribution in [2.45, 2.75) is 19.8 Å². The molecule has 0 aliphatic carbocycles. The average Bonchev–Trinajstić information content (AvgIpc) is 2.41. The maximum atomic E-state index is 12.0. The minimum Gasteiger partial charge on any atom is -0.496 e. The molecular formula is C14H14Br2N2O2. The molecule has 0 aliphatic heterocycles. The molecule has 0 aliphatic rings. The number of methoxy groups -OCH3 is 1. The molecule has 2 rings (SSSR count). The summed E-state index contributed by atoms with van der Waals surface area (Å²) in [5.41, 5.74) is 1.28. The normalized spacial score (nSPS) is 10.9. The molecule has 1 heterocycles. The first kappa shape index (κ1) is 15.3. The fourth-order valence-corrected chi connectivity index (χ4v) is 2.86. The molecule has 6 heteroatoms. The molecule has 1 aromatic carbocycles. The topological polar surface area (TPSA) is 55.0 Å². The molecule has 0 amide bonds. The van der Waals surface area contributed by atoms with Gasteiger partial charge in [0.15, 0.2) is 0 Å². The van der Waals surface area contributed by atoms with Crippen LogP contribution in [0.15, 0.2) is 31.9 Å². The van der Waals surface area contributed by atoms with Crippen LogP contribution in [-0.4, -0.2) is 17.1 Å². The Morgan fingerprint density at radius 1 is 1.30 bits per heavy atom. The quantitative estimate of drug-likeness (QED) is 0.842. The molecule has 1 N–H and O–H groups in total. The zero-order valence-electron chi connectivity index (χ0n) is 11.3. The molecule has 1 aromatic heterocycles. The van der Waals surface area contributed by atoms with Gasteiger partial charge >= 0.3 is 0 Å². The summed E-state index contributed by atoms with van der Waals surface area (Å²) in [6.07, 6.45) is 0. The third-order valence-electron chi connectivity index (χ3n) is 2.85. The number of nitrogens with zero attached hydrogens (tertiary/aromatic N) is 1. The fourth-order valence-electron chi connectivity index (χ4n) is 1.85. The zero-order chi connectivity index (χ0) is 14.9. The first-order valence-corrected chi connectivity index (χ1v) is 7.66. The minimum atomic E-state index is -0.194. The van der Waals surface area contributed by atoms with Crippen molar-refractivity contribution in [3.8, 4) is 17.1 Å². The predicted octanol–water partition coefficient (Wildman–Crippen LogP) is 4.09. The zero-order valence-corrected chi connectivity index (χ0v) is 14.5. The van der Waals surface area contributed by atoms with E-state index in [1.165, 1.54) is 0 Å². The van der Waals surface area contributed by atoms with Gasteiger partial charge in [-0.05, 0) is 40.0 Å². The molecule has 0 fully saturated rings. The van der Waals surface area contributed by atoms with Crippen molar-refractivity contribution in [2.75, 3.05) is 7.11 Å². The molecule has 0 spiro atoms. The summed E-state index contributed by atoms with van der Waals surface area (Å²) in [6, 6.07) is 5.58. The number of halogens is 2. The highest BCUT2D eigenvalue weighted by Gasteiger charge is 2.15. The molecule has 0 radical (unpaired) electrons. The number of aromatic amines is 1. The molecular weight excluding hydrogens is 388 g/mol. The standard InChI is InChI=1S/C14H14Br2N2O2/c1-7(2)12-11(16)14(19)18-13(17-12)9-6-8(15)4-5-10(9)20-3/h4-7H,1-3H3,(H,17,18,19). The van der Waals surface area contributed by atoms with Gasteiger partial charge in [0.1, 0.15) is 16.0 Å². The Bertz CT molecular complexity index is 696. The molecule has 0 atom stereocenters. The van der Waals surface area contributed by atoms with Crippen LogP contribution < -0.4 is 10.3 Å². The van der Waals surface area contributed by atoms with Gasteiger partial charge in [0.05, 0.1) is 18.4 Å². The second-order valence-corrected chi connectivity index (χ2v) is 6.32.